The van der Waals surface area contributed by atoms with Crippen LogP contribution in [0.3, 0.4) is 0 Å². The van der Waals surface area contributed by atoms with Crippen LogP contribution in [-0.2, 0) is 10.8 Å². The van der Waals surface area contributed by atoms with E-state index in [1.54, 1.807) is 0 Å². The van der Waals surface area contributed by atoms with Crippen molar-refractivity contribution >= 4 is 34.1 Å². The molecule has 4 nitrogen and oxygen atoms in total. The fourth-order valence-electron chi connectivity index (χ4n) is 9.34. The minimum atomic E-state index is -0.149. The van der Waals surface area contributed by atoms with Crippen LogP contribution in [0.5, 0.6) is 0 Å². The van der Waals surface area contributed by atoms with Crippen LogP contribution in [0.15, 0.2) is 183 Å². The fourth-order valence-corrected chi connectivity index (χ4v) is 9.34. The Morgan fingerprint density at radius 3 is 0.929 bits per heavy atom. The van der Waals surface area contributed by atoms with Gasteiger partial charge in [0.1, 0.15) is 0 Å². The van der Waals surface area contributed by atoms with Crippen molar-refractivity contribution in [2.45, 2.75) is 38.5 Å². The summed E-state index contributed by atoms with van der Waals surface area (Å²) in [6, 6.07) is 57.2. The number of para-hydroxylation sites is 6. The zero-order valence-corrected chi connectivity index (χ0v) is 32.1. The lowest BCUT2D eigenvalue weighted by molar-refractivity contribution is 0.632. The molecular weight excluding hydrogens is 681 g/mol. The number of pyridine rings is 2. The van der Waals surface area contributed by atoms with Gasteiger partial charge in [-0.3, -0.25) is 9.97 Å². The summed E-state index contributed by atoms with van der Waals surface area (Å²) in [5, 5.41) is 0. The Balaban J connectivity index is 1.17. The van der Waals surface area contributed by atoms with Gasteiger partial charge in [0.15, 0.2) is 0 Å². The van der Waals surface area contributed by atoms with E-state index in [4.69, 9.17) is 9.97 Å². The van der Waals surface area contributed by atoms with Crippen molar-refractivity contribution in [1.29, 1.82) is 0 Å². The average molecular weight is 723 g/mol. The second kappa shape index (κ2) is 12.9. The van der Waals surface area contributed by atoms with Crippen LogP contribution in [-0.4, -0.2) is 9.97 Å². The quantitative estimate of drug-likeness (QED) is 0.177. The van der Waals surface area contributed by atoms with E-state index in [0.717, 1.165) is 44.8 Å². The summed E-state index contributed by atoms with van der Waals surface area (Å²) < 4.78 is 0. The molecule has 10 rings (SSSR count). The molecule has 2 aromatic heterocycles. The molecular formula is C52H42N4. The number of benzene rings is 6. The van der Waals surface area contributed by atoms with E-state index in [2.05, 4.69) is 195 Å². The molecule has 270 valence electrons. The predicted molar refractivity (Wildman–Crippen MR) is 232 cm³/mol. The summed E-state index contributed by atoms with van der Waals surface area (Å²) >= 11 is 0. The average Bonchev–Trinajstić information content (AvgIpc) is 3.24. The molecule has 0 saturated carbocycles. The van der Waals surface area contributed by atoms with Crippen LogP contribution in [0.4, 0.5) is 34.1 Å². The first-order chi connectivity index (χ1) is 27.4. The van der Waals surface area contributed by atoms with Crippen LogP contribution in [0.1, 0.15) is 49.9 Å². The van der Waals surface area contributed by atoms with Gasteiger partial charge in [0.2, 0.25) is 0 Å². The first-order valence-corrected chi connectivity index (χ1v) is 19.4. The van der Waals surface area contributed by atoms with E-state index in [9.17, 15) is 0 Å². The summed E-state index contributed by atoms with van der Waals surface area (Å²) in [6.07, 6.45) is 7.82. The monoisotopic (exact) mass is 722 g/mol. The van der Waals surface area contributed by atoms with Gasteiger partial charge in [0.25, 0.3) is 0 Å². The third-order valence-electron chi connectivity index (χ3n) is 12.1. The third kappa shape index (κ3) is 5.06. The lowest BCUT2D eigenvalue weighted by Gasteiger charge is -2.42. The van der Waals surface area contributed by atoms with Gasteiger partial charge in [0.05, 0.1) is 34.1 Å². The molecule has 8 aromatic rings. The lowest BCUT2D eigenvalue weighted by Crippen LogP contribution is -2.30. The van der Waals surface area contributed by atoms with E-state index in [1.165, 1.54) is 45.0 Å². The first kappa shape index (κ1) is 33.8. The molecule has 0 aliphatic carbocycles. The van der Waals surface area contributed by atoms with Crippen molar-refractivity contribution in [3.63, 3.8) is 0 Å². The molecule has 6 aromatic carbocycles. The van der Waals surface area contributed by atoms with Crippen molar-refractivity contribution in [1.82, 2.24) is 9.97 Å². The van der Waals surface area contributed by atoms with Gasteiger partial charge in [-0.2, -0.15) is 0 Å². The molecule has 0 N–H and O–H groups in total. The maximum Gasteiger partial charge on any atom is 0.0540 e. The summed E-state index contributed by atoms with van der Waals surface area (Å²) in [5.74, 6) is 0. The molecule has 0 bridgehead atoms. The molecule has 0 unspecified atom stereocenters. The van der Waals surface area contributed by atoms with Crippen molar-refractivity contribution in [2.24, 2.45) is 0 Å². The van der Waals surface area contributed by atoms with E-state index in [-0.39, 0.29) is 10.8 Å². The van der Waals surface area contributed by atoms with Crippen molar-refractivity contribution in [3.05, 3.63) is 205 Å². The molecule has 0 fully saturated rings. The van der Waals surface area contributed by atoms with Crippen LogP contribution >= 0.6 is 0 Å². The van der Waals surface area contributed by atoms with Crippen molar-refractivity contribution in [3.8, 4) is 33.4 Å². The van der Waals surface area contributed by atoms with Crippen LogP contribution < -0.4 is 9.80 Å². The maximum atomic E-state index is 4.75. The summed E-state index contributed by atoms with van der Waals surface area (Å²) in [5.41, 5.74) is 18.4. The minimum Gasteiger partial charge on any atom is -0.309 e. The molecule has 4 heteroatoms. The molecule has 0 amide bonds. The highest BCUT2D eigenvalue weighted by Gasteiger charge is 2.39. The normalized spacial score (nSPS) is 14.6. The van der Waals surface area contributed by atoms with Gasteiger partial charge in [0, 0.05) is 57.9 Å². The SMILES string of the molecule is CC1(C)c2ccccc2N(c2ccccc2-c2ccncc2-c2cnccc2-c2ccccc2N2c3ccccc3C(C)(C)c3ccccc32)c2ccccc21. The van der Waals surface area contributed by atoms with Crippen molar-refractivity contribution < 1.29 is 0 Å². The second-order valence-corrected chi connectivity index (χ2v) is 15.9. The topological polar surface area (TPSA) is 32.3 Å². The summed E-state index contributed by atoms with van der Waals surface area (Å²) in [7, 11) is 0. The number of hydrogen-bond acceptors (Lipinski definition) is 4. The van der Waals surface area contributed by atoms with Crippen molar-refractivity contribution in [2.75, 3.05) is 9.80 Å². The van der Waals surface area contributed by atoms with Gasteiger partial charge in [-0.15, -0.1) is 0 Å². The first-order valence-electron chi connectivity index (χ1n) is 19.4. The molecule has 56 heavy (non-hydrogen) atoms. The highest BCUT2D eigenvalue weighted by molar-refractivity contribution is 6.01. The van der Waals surface area contributed by atoms with Crippen LogP contribution in [0, 0.1) is 0 Å². The number of nitrogens with zero attached hydrogens (tertiary/aromatic N) is 4. The van der Waals surface area contributed by atoms with Gasteiger partial charge in [-0.25, -0.2) is 0 Å². The number of rotatable bonds is 5. The molecule has 0 radical (unpaired) electrons. The Morgan fingerprint density at radius 1 is 0.304 bits per heavy atom. The number of aromatic nitrogens is 2. The molecule has 0 saturated heterocycles. The third-order valence-corrected chi connectivity index (χ3v) is 12.1. The van der Waals surface area contributed by atoms with Gasteiger partial charge in [-0.05, 0) is 81.9 Å². The smallest absolute Gasteiger partial charge is 0.0540 e. The summed E-state index contributed by atoms with van der Waals surface area (Å²) in [4.78, 5) is 14.4. The molecule has 0 atom stereocenters. The molecule has 4 heterocycles. The van der Waals surface area contributed by atoms with Gasteiger partial charge >= 0.3 is 0 Å². The Labute approximate surface area is 329 Å². The highest BCUT2D eigenvalue weighted by Crippen LogP contribution is 2.56. The number of fused-ring (bicyclic) bond motifs is 4. The number of anilines is 6. The van der Waals surface area contributed by atoms with Gasteiger partial charge < -0.3 is 9.80 Å². The van der Waals surface area contributed by atoms with Crippen LogP contribution in [0.25, 0.3) is 33.4 Å². The Morgan fingerprint density at radius 2 is 0.589 bits per heavy atom. The molecule has 2 aliphatic rings. The Hall–Kier alpha value is -6.78. The van der Waals surface area contributed by atoms with Crippen LogP contribution in [0.2, 0.25) is 0 Å². The fraction of sp³-hybridized carbons (Fsp3) is 0.115. The maximum absolute atomic E-state index is 4.75. The van der Waals surface area contributed by atoms with E-state index < -0.39 is 0 Å². The lowest BCUT2D eigenvalue weighted by atomic mass is 9.73. The Kier molecular flexibility index (Phi) is 7.79. The predicted octanol–water partition coefficient (Wildman–Crippen LogP) is 13.7. The highest BCUT2D eigenvalue weighted by atomic mass is 15.2. The Bertz CT molecular complexity index is 2510. The summed E-state index contributed by atoms with van der Waals surface area (Å²) in [6.45, 7) is 9.33. The minimum absolute atomic E-state index is 0.149. The molecule has 0 spiro atoms. The zero-order chi connectivity index (χ0) is 38.0. The zero-order valence-electron chi connectivity index (χ0n) is 32.1. The number of hydrogen-bond donors (Lipinski definition) is 0. The van der Waals surface area contributed by atoms with E-state index in [0.29, 0.717) is 0 Å². The van der Waals surface area contributed by atoms with E-state index in [1.807, 2.05) is 24.8 Å². The standard InChI is InChI=1S/C52H42N4/c1-51(2)41-19-7-13-25-47(41)55(48-26-14-8-20-42(48)51)45-23-11-5-17-37(45)35-29-31-53-33-39(35)40-34-54-32-30-36(40)38-18-6-12-24-46(38)56-49-27-15-9-21-43(49)52(3,4)44-22-10-16-28-50(44)56/h5-34H,1-4H3. The molecule has 2 aliphatic heterocycles. The van der Waals surface area contributed by atoms with E-state index >= 15 is 0 Å². The second-order valence-electron chi connectivity index (χ2n) is 15.9. The largest absolute Gasteiger partial charge is 0.309 e. The van der Waals surface area contributed by atoms with Gasteiger partial charge in [-0.1, -0.05) is 137 Å².